The fraction of sp³-hybridized carbons (Fsp3) is 0.178. The Morgan fingerprint density at radius 1 is 0.596 bits per heavy atom. The minimum Gasteiger partial charge on any atom is -0.347 e. The van der Waals surface area contributed by atoms with Crippen LogP contribution in [0.2, 0.25) is 0 Å². The summed E-state index contributed by atoms with van der Waals surface area (Å²) in [6, 6.07) is 48.8. The van der Waals surface area contributed by atoms with E-state index >= 15 is 0 Å². The van der Waals surface area contributed by atoms with Crippen molar-refractivity contribution in [2.45, 2.75) is 37.5 Å². The summed E-state index contributed by atoms with van der Waals surface area (Å²) >= 11 is 0. The lowest BCUT2D eigenvalue weighted by Gasteiger charge is -2.29. The van der Waals surface area contributed by atoms with Crippen molar-refractivity contribution in [2.24, 2.45) is 0 Å². The van der Waals surface area contributed by atoms with Crippen LogP contribution in [0.25, 0.3) is 21.5 Å². The summed E-state index contributed by atoms with van der Waals surface area (Å²) in [5, 5.41) is 5.26. The lowest BCUT2D eigenvalue weighted by Crippen LogP contribution is -2.33. The highest BCUT2D eigenvalue weighted by Crippen LogP contribution is 2.52. The van der Waals surface area contributed by atoms with Gasteiger partial charge >= 0.3 is 0 Å². The second kappa shape index (κ2) is 11.2. The molecule has 2 heterocycles. The monoisotopic (exact) mass is 609 g/mol. The molecular formula is C45H41N2+. The van der Waals surface area contributed by atoms with Crippen LogP contribution in [0.3, 0.4) is 0 Å². The SMILES string of the molecule is CN1/C(=C/C=C/C2=[N+](C)c3ccc4ccccc4c3C2(C)Cc2ccccc2)C(C)(Cc2ccccc2)c2c1ccc1ccccc21. The molecule has 47 heavy (non-hydrogen) atoms. The maximum absolute atomic E-state index is 2.44. The third-order valence-electron chi connectivity index (χ3n) is 10.8. The molecule has 2 aliphatic heterocycles. The number of hydrogen-bond acceptors (Lipinski definition) is 1. The molecule has 8 rings (SSSR count). The molecule has 6 aromatic carbocycles. The number of fused-ring (bicyclic) bond motifs is 6. The van der Waals surface area contributed by atoms with Crippen LogP contribution in [0.15, 0.2) is 157 Å². The molecule has 0 fully saturated rings. The molecule has 0 radical (unpaired) electrons. The molecule has 2 heteroatoms. The number of nitrogens with zero attached hydrogens (tertiary/aromatic N) is 2. The van der Waals surface area contributed by atoms with Crippen molar-refractivity contribution >= 4 is 38.6 Å². The van der Waals surface area contributed by atoms with Gasteiger partial charge in [-0.2, -0.15) is 4.58 Å². The molecule has 2 atom stereocenters. The van der Waals surface area contributed by atoms with Crippen LogP contribution in [-0.4, -0.2) is 24.4 Å². The third-order valence-corrected chi connectivity index (χ3v) is 10.8. The molecule has 2 unspecified atom stereocenters. The van der Waals surface area contributed by atoms with Crippen LogP contribution in [0.5, 0.6) is 0 Å². The van der Waals surface area contributed by atoms with Gasteiger partial charge in [-0.15, -0.1) is 0 Å². The molecule has 0 spiro atoms. The predicted octanol–water partition coefficient (Wildman–Crippen LogP) is 10.3. The van der Waals surface area contributed by atoms with Gasteiger partial charge in [0.2, 0.25) is 5.69 Å². The van der Waals surface area contributed by atoms with Gasteiger partial charge in [0.15, 0.2) is 5.71 Å². The Hall–Kier alpha value is -5.21. The van der Waals surface area contributed by atoms with Crippen molar-refractivity contribution in [3.63, 3.8) is 0 Å². The molecular weight excluding hydrogens is 569 g/mol. The quantitative estimate of drug-likeness (QED) is 0.170. The van der Waals surface area contributed by atoms with Crippen LogP contribution < -0.4 is 4.90 Å². The van der Waals surface area contributed by atoms with E-state index in [0.29, 0.717) is 0 Å². The number of anilines is 1. The van der Waals surface area contributed by atoms with E-state index in [9.17, 15) is 0 Å². The average molecular weight is 610 g/mol. The first-order valence-corrected chi connectivity index (χ1v) is 16.7. The van der Waals surface area contributed by atoms with Gasteiger partial charge in [-0.25, -0.2) is 0 Å². The summed E-state index contributed by atoms with van der Waals surface area (Å²) < 4.78 is 2.42. The molecule has 230 valence electrons. The van der Waals surface area contributed by atoms with Gasteiger partial charge < -0.3 is 4.90 Å². The Morgan fingerprint density at radius 3 is 1.77 bits per heavy atom. The van der Waals surface area contributed by atoms with Gasteiger partial charge in [0.05, 0.1) is 5.41 Å². The zero-order chi connectivity index (χ0) is 32.2. The Morgan fingerprint density at radius 2 is 1.13 bits per heavy atom. The van der Waals surface area contributed by atoms with Crippen LogP contribution in [-0.2, 0) is 23.7 Å². The second-order valence-corrected chi connectivity index (χ2v) is 13.8. The number of benzene rings is 6. The average Bonchev–Trinajstić information content (AvgIpc) is 3.44. The highest BCUT2D eigenvalue weighted by Gasteiger charge is 2.48. The zero-order valence-electron chi connectivity index (χ0n) is 27.7. The highest BCUT2D eigenvalue weighted by molar-refractivity contribution is 6.08. The van der Waals surface area contributed by atoms with E-state index in [1.807, 2.05) is 0 Å². The number of rotatable bonds is 6. The van der Waals surface area contributed by atoms with E-state index in [1.54, 1.807) is 0 Å². The first-order valence-electron chi connectivity index (χ1n) is 16.7. The number of likely N-dealkylation sites (N-methyl/N-ethyl adjacent to an activating group) is 1. The van der Waals surface area contributed by atoms with E-state index in [0.717, 1.165) is 12.8 Å². The lowest BCUT2D eigenvalue weighted by molar-refractivity contribution is -0.401. The molecule has 0 aliphatic carbocycles. The topological polar surface area (TPSA) is 6.25 Å². The predicted molar refractivity (Wildman–Crippen MR) is 199 cm³/mol. The molecule has 0 aromatic heterocycles. The fourth-order valence-corrected chi connectivity index (χ4v) is 8.68. The van der Waals surface area contributed by atoms with Crippen LogP contribution in [0.4, 0.5) is 11.4 Å². The Kier molecular flexibility index (Phi) is 6.99. The molecule has 0 saturated carbocycles. The maximum atomic E-state index is 2.44. The standard InChI is InChI=1S/C45H41N2/c1-44(30-32-16-7-5-8-17-32)40(46(3)38-28-26-34-20-11-13-22-36(34)42(38)44)24-15-25-41-45(2,31-33-18-9-6-10-19-33)43-37-23-14-12-21-35(37)27-29-39(43)47(41)4/h5-29H,30-31H2,1-4H3/q+1. The van der Waals surface area contributed by atoms with Gasteiger partial charge in [-0.3, -0.25) is 0 Å². The van der Waals surface area contributed by atoms with Gasteiger partial charge in [0.25, 0.3) is 0 Å². The van der Waals surface area contributed by atoms with E-state index in [-0.39, 0.29) is 10.8 Å². The van der Waals surface area contributed by atoms with Crippen molar-refractivity contribution < 1.29 is 4.58 Å². The summed E-state index contributed by atoms with van der Waals surface area (Å²) in [5.74, 6) is 0. The molecule has 0 saturated heterocycles. The van der Waals surface area contributed by atoms with Crippen LogP contribution >= 0.6 is 0 Å². The summed E-state index contributed by atoms with van der Waals surface area (Å²) in [6.07, 6.45) is 8.93. The second-order valence-electron chi connectivity index (χ2n) is 13.8. The van der Waals surface area contributed by atoms with Gasteiger partial charge in [0.1, 0.15) is 7.05 Å². The Balaban J connectivity index is 1.26. The zero-order valence-corrected chi connectivity index (χ0v) is 27.7. The Bertz CT molecular complexity index is 2240. The van der Waals surface area contributed by atoms with Crippen molar-refractivity contribution in [3.05, 3.63) is 180 Å². The van der Waals surface area contributed by atoms with Crippen molar-refractivity contribution in [2.75, 3.05) is 19.0 Å². The van der Waals surface area contributed by atoms with Crippen molar-refractivity contribution in [1.29, 1.82) is 0 Å². The largest absolute Gasteiger partial charge is 0.347 e. The van der Waals surface area contributed by atoms with Gasteiger partial charge in [-0.1, -0.05) is 121 Å². The first-order chi connectivity index (χ1) is 22.9. The minimum atomic E-state index is -0.199. The first kappa shape index (κ1) is 29.2. The van der Waals surface area contributed by atoms with E-state index in [1.165, 1.54) is 66.6 Å². The minimum absolute atomic E-state index is 0.199. The van der Waals surface area contributed by atoms with Gasteiger partial charge in [0, 0.05) is 41.6 Å². The van der Waals surface area contributed by atoms with E-state index in [4.69, 9.17) is 0 Å². The summed E-state index contributed by atoms with van der Waals surface area (Å²) in [4.78, 5) is 2.42. The molecule has 0 bridgehead atoms. The van der Waals surface area contributed by atoms with E-state index < -0.39 is 0 Å². The van der Waals surface area contributed by atoms with Crippen molar-refractivity contribution in [3.8, 4) is 0 Å². The smallest absolute Gasteiger partial charge is 0.210 e. The van der Waals surface area contributed by atoms with Crippen molar-refractivity contribution in [1.82, 2.24) is 0 Å². The lowest BCUT2D eigenvalue weighted by atomic mass is 9.73. The summed E-state index contributed by atoms with van der Waals surface area (Å²) in [7, 11) is 4.47. The molecule has 2 nitrogen and oxygen atoms in total. The normalized spacial score (nSPS) is 21.4. The summed E-state index contributed by atoms with van der Waals surface area (Å²) in [6.45, 7) is 4.87. The van der Waals surface area contributed by atoms with Gasteiger partial charge in [-0.05, 0) is 83.1 Å². The number of allylic oxidation sites excluding steroid dienone is 4. The fourth-order valence-electron chi connectivity index (χ4n) is 8.68. The maximum Gasteiger partial charge on any atom is 0.210 e. The highest BCUT2D eigenvalue weighted by atomic mass is 15.2. The third kappa shape index (κ3) is 4.66. The molecule has 0 N–H and O–H groups in total. The van der Waals surface area contributed by atoms with Crippen LogP contribution in [0, 0.1) is 0 Å². The molecule has 0 amide bonds. The number of hydrogen-bond donors (Lipinski definition) is 0. The summed E-state index contributed by atoms with van der Waals surface area (Å²) in [5.41, 5.74) is 10.4. The Labute approximate surface area is 278 Å². The molecule has 2 aliphatic rings. The molecule has 6 aromatic rings. The van der Waals surface area contributed by atoms with Crippen LogP contribution in [0.1, 0.15) is 36.1 Å². The van der Waals surface area contributed by atoms with E-state index in [2.05, 4.69) is 189 Å².